The Hall–Kier alpha value is -3.05. The summed E-state index contributed by atoms with van der Waals surface area (Å²) in [6.07, 6.45) is -3.14. The second kappa shape index (κ2) is 9.44. The first-order chi connectivity index (χ1) is 15.3. The summed E-state index contributed by atoms with van der Waals surface area (Å²) in [6, 6.07) is 11.8. The lowest BCUT2D eigenvalue weighted by molar-refractivity contribution is -0.0579. The topological polar surface area (TPSA) is 72.5 Å². The molecule has 0 spiro atoms. The summed E-state index contributed by atoms with van der Waals surface area (Å²) in [5.41, 5.74) is 4.70. The molecule has 0 bridgehead atoms. The zero-order chi connectivity index (χ0) is 24.4. The fraction of sp³-hybridized carbons (Fsp3) is 0.136. The van der Waals surface area contributed by atoms with Gasteiger partial charge >= 0.3 is 6.18 Å². The van der Waals surface area contributed by atoms with Gasteiger partial charge < -0.3 is 5.73 Å². The second-order valence-corrected chi connectivity index (χ2v) is 10.1. The van der Waals surface area contributed by atoms with Crippen LogP contribution in [0.4, 0.5) is 22.0 Å². The van der Waals surface area contributed by atoms with Crippen LogP contribution in [-0.2, 0) is 16.4 Å². The first kappa shape index (κ1) is 24.6. The molecule has 0 amide bonds. The molecular formula is C22H17F5N2O2S2. The Morgan fingerprint density at radius 3 is 2.45 bits per heavy atom. The number of hydrogen-bond acceptors (Lipinski definition) is 5. The minimum atomic E-state index is -4.86. The molecule has 0 radical (unpaired) electrons. The summed E-state index contributed by atoms with van der Waals surface area (Å²) in [4.78, 5) is 4.45. The van der Waals surface area contributed by atoms with Crippen LogP contribution in [0.3, 0.4) is 0 Å². The van der Waals surface area contributed by atoms with Crippen LogP contribution in [0.15, 0.2) is 70.6 Å². The van der Waals surface area contributed by atoms with Gasteiger partial charge in [0.05, 0.1) is 22.0 Å². The molecule has 0 saturated heterocycles. The molecule has 0 saturated carbocycles. The molecular weight excluding hydrogens is 483 g/mol. The molecule has 0 unspecified atom stereocenters. The number of thiophene rings is 1. The van der Waals surface area contributed by atoms with E-state index >= 15 is 0 Å². The normalized spacial score (nSPS) is 13.4. The lowest BCUT2D eigenvalue weighted by atomic mass is 10.2. The molecule has 0 aliphatic rings. The largest absolute Gasteiger partial charge is 0.432 e. The van der Waals surface area contributed by atoms with Gasteiger partial charge in [0.15, 0.2) is 9.84 Å². The summed E-state index contributed by atoms with van der Waals surface area (Å²) in [6.45, 7) is -0.654. The van der Waals surface area contributed by atoms with Crippen molar-refractivity contribution in [3.8, 4) is 10.4 Å². The molecule has 0 aliphatic heterocycles. The Bertz CT molecular complexity index is 1340. The summed E-state index contributed by atoms with van der Waals surface area (Å²) in [7, 11) is -3.43. The van der Waals surface area contributed by atoms with Crippen LogP contribution in [0.2, 0.25) is 0 Å². The highest BCUT2D eigenvalue weighted by Gasteiger charge is 2.34. The van der Waals surface area contributed by atoms with E-state index in [1.807, 2.05) is 0 Å². The predicted octanol–water partition coefficient (Wildman–Crippen LogP) is 5.60. The Morgan fingerprint density at radius 2 is 1.82 bits per heavy atom. The Kier molecular flexibility index (Phi) is 7.03. The van der Waals surface area contributed by atoms with Crippen LogP contribution >= 0.6 is 11.3 Å². The number of sulfone groups is 1. The van der Waals surface area contributed by atoms with Crippen molar-refractivity contribution in [1.29, 1.82) is 0 Å². The second-order valence-electron chi connectivity index (χ2n) is 7.00. The number of rotatable bonds is 6. The van der Waals surface area contributed by atoms with E-state index in [0.717, 1.165) is 29.7 Å². The summed E-state index contributed by atoms with van der Waals surface area (Å²) in [5, 5.41) is 0. The van der Waals surface area contributed by atoms with Gasteiger partial charge in [-0.2, -0.15) is 13.2 Å². The van der Waals surface area contributed by atoms with Crippen molar-refractivity contribution in [3.63, 3.8) is 0 Å². The average molecular weight is 501 g/mol. The lowest BCUT2D eigenvalue weighted by Gasteiger charge is -2.09. The minimum Gasteiger partial charge on any atom is -0.398 e. The van der Waals surface area contributed by atoms with Gasteiger partial charge in [0.1, 0.15) is 17.3 Å². The summed E-state index contributed by atoms with van der Waals surface area (Å²) < 4.78 is 90.6. The highest BCUT2D eigenvalue weighted by Crippen LogP contribution is 2.32. The van der Waals surface area contributed by atoms with Crippen LogP contribution in [-0.4, -0.2) is 26.6 Å². The number of aliphatic imine (C=N–C) groups is 1. The summed E-state index contributed by atoms with van der Waals surface area (Å²) in [5.74, 6) is -1.85. The lowest BCUT2D eigenvalue weighted by Crippen LogP contribution is -2.22. The van der Waals surface area contributed by atoms with Gasteiger partial charge in [-0.05, 0) is 42.0 Å². The fourth-order valence-corrected chi connectivity index (χ4v) is 4.38. The van der Waals surface area contributed by atoms with Crippen LogP contribution in [0.5, 0.6) is 0 Å². The molecule has 2 N–H and O–H groups in total. The third kappa shape index (κ3) is 6.26. The van der Waals surface area contributed by atoms with Crippen molar-refractivity contribution in [1.82, 2.24) is 0 Å². The molecule has 3 aromatic rings. The molecule has 0 aliphatic carbocycles. The number of alkyl halides is 3. The maximum atomic E-state index is 13.7. The highest BCUT2D eigenvalue weighted by atomic mass is 32.2. The van der Waals surface area contributed by atoms with E-state index in [1.165, 1.54) is 18.2 Å². The number of allylic oxidation sites excluding steroid dienone is 1. The fourth-order valence-electron chi connectivity index (χ4n) is 2.78. The van der Waals surface area contributed by atoms with Gasteiger partial charge in [-0.15, -0.1) is 11.3 Å². The molecule has 33 heavy (non-hydrogen) atoms. The van der Waals surface area contributed by atoms with Crippen molar-refractivity contribution in [2.45, 2.75) is 17.6 Å². The smallest absolute Gasteiger partial charge is 0.398 e. The number of halogens is 5. The molecule has 0 atom stereocenters. The number of nitrogens with zero attached hydrogens (tertiary/aromatic N) is 1. The molecule has 1 aromatic heterocycles. The predicted molar refractivity (Wildman–Crippen MR) is 119 cm³/mol. The van der Waals surface area contributed by atoms with E-state index < -0.39 is 39.9 Å². The number of benzene rings is 2. The first-order valence-corrected chi connectivity index (χ1v) is 12.0. The van der Waals surface area contributed by atoms with Crippen LogP contribution < -0.4 is 5.73 Å². The maximum absolute atomic E-state index is 13.7. The molecule has 0 fully saturated rings. The molecule has 3 rings (SSSR count). The van der Waals surface area contributed by atoms with Crippen molar-refractivity contribution < 1.29 is 30.4 Å². The van der Waals surface area contributed by atoms with Crippen molar-refractivity contribution in [2.75, 3.05) is 6.26 Å². The van der Waals surface area contributed by atoms with E-state index in [2.05, 4.69) is 4.99 Å². The Morgan fingerprint density at radius 1 is 1.09 bits per heavy atom. The maximum Gasteiger partial charge on any atom is 0.432 e. The molecule has 11 heteroatoms. The minimum absolute atomic E-state index is 0.109. The van der Waals surface area contributed by atoms with Gasteiger partial charge in [-0.1, -0.05) is 18.2 Å². The highest BCUT2D eigenvalue weighted by molar-refractivity contribution is 7.90. The quantitative estimate of drug-likeness (QED) is 0.354. The van der Waals surface area contributed by atoms with Gasteiger partial charge in [0.25, 0.3) is 0 Å². The average Bonchev–Trinajstić information content (AvgIpc) is 3.21. The van der Waals surface area contributed by atoms with Gasteiger partial charge in [-0.25, -0.2) is 17.2 Å². The van der Waals surface area contributed by atoms with Gasteiger partial charge in [0.2, 0.25) is 0 Å². The zero-order valence-corrected chi connectivity index (χ0v) is 18.7. The molecule has 2 aromatic carbocycles. The van der Waals surface area contributed by atoms with E-state index in [-0.39, 0.29) is 16.2 Å². The molecule has 4 nitrogen and oxygen atoms in total. The number of nitrogens with two attached hydrogens (primary N) is 1. The van der Waals surface area contributed by atoms with Crippen LogP contribution in [0.25, 0.3) is 16.1 Å². The van der Waals surface area contributed by atoms with Crippen LogP contribution in [0, 0.1) is 11.6 Å². The third-order valence-electron chi connectivity index (χ3n) is 4.45. The van der Waals surface area contributed by atoms with Gasteiger partial charge in [-0.3, -0.25) is 4.99 Å². The third-order valence-corrected chi connectivity index (χ3v) is 6.75. The molecule has 1 heterocycles. The Labute approximate surface area is 190 Å². The number of hydrogen-bond donors (Lipinski definition) is 1. The van der Waals surface area contributed by atoms with Crippen LogP contribution in [0.1, 0.15) is 10.4 Å². The van der Waals surface area contributed by atoms with E-state index in [1.54, 1.807) is 18.2 Å². The molecule has 174 valence electrons. The summed E-state index contributed by atoms with van der Waals surface area (Å²) >= 11 is 1.07. The SMILES string of the molecule is CS(=O)(=O)c1cccc(-c2ccc(C(N)=CC(=NCc3ccc(F)cc3F)C(F)(F)F)s2)c1. The zero-order valence-electron chi connectivity index (χ0n) is 17.0. The van der Waals surface area contributed by atoms with Crippen molar-refractivity contribution in [2.24, 2.45) is 10.7 Å². The van der Waals surface area contributed by atoms with E-state index in [0.29, 0.717) is 27.5 Å². The first-order valence-electron chi connectivity index (χ1n) is 9.28. The standard InChI is InChI=1S/C22H17F5N2O2S2/c1-33(30,31)16-4-2-3-13(9-16)19-7-8-20(32-19)18(28)11-21(22(25,26)27)29-12-14-5-6-15(23)10-17(14)24/h2-11H,12,28H2,1H3. The van der Waals surface area contributed by atoms with Crippen molar-refractivity contribution >= 4 is 32.6 Å². The van der Waals surface area contributed by atoms with Crippen molar-refractivity contribution in [3.05, 3.63) is 82.7 Å². The van der Waals surface area contributed by atoms with Gasteiger partial charge in [0, 0.05) is 22.8 Å². The Balaban J connectivity index is 1.91. The van der Waals surface area contributed by atoms with E-state index in [4.69, 9.17) is 5.73 Å². The van der Waals surface area contributed by atoms with E-state index in [9.17, 15) is 30.4 Å². The monoisotopic (exact) mass is 500 g/mol.